The Hall–Kier alpha value is -1.68. The molecule has 1 amide bonds. The molecule has 2 aromatic rings. The molecule has 1 aromatic heterocycles. The molecular weight excluding hydrogens is 306 g/mol. The second kappa shape index (κ2) is 6.44. The maximum Gasteiger partial charge on any atom is 0.251 e. The van der Waals surface area contributed by atoms with E-state index in [2.05, 4.69) is 12.2 Å². The highest BCUT2D eigenvalue weighted by Gasteiger charge is 2.22. The number of amides is 1. The quantitative estimate of drug-likeness (QED) is 0.928. The Balaban J connectivity index is 2.06. The highest BCUT2D eigenvalue weighted by atomic mass is 32.1. The van der Waals surface area contributed by atoms with E-state index in [1.165, 1.54) is 4.88 Å². The fraction of sp³-hybridized carbons (Fsp3) is 0.474. The van der Waals surface area contributed by atoms with Gasteiger partial charge in [-0.25, -0.2) is 0 Å². The molecule has 0 radical (unpaired) electrons. The zero-order chi connectivity index (χ0) is 16.6. The van der Waals surface area contributed by atoms with Gasteiger partial charge in [0.1, 0.15) is 0 Å². The summed E-state index contributed by atoms with van der Waals surface area (Å²) in [6, 6.07) is 5.55. The summed E-state index contributed by atoms with van der Waals surface area (Å²) in [5.74, 6) is 0.605. The lowest BCUT2D eigenvalue weighted by atomic mass is 9.86. The van der Waals surface area contributed by atoms with Crippen molar-refractivity contribution in [3.8, 4) is 0 Å². The van der Waals surface area contributed by atoms with Crippen molar-refractivity contribution in [3.05, 3.63) is 44.4 Å². The first kappa shape index (κ1) is 16.2. The summed E-state index contributed by atoms with van der Waals surface area (Å²) in [4.78, 5) is 26.1. The van der Waals surface area contributed by atoms with E-state index < -0.39 is 0 Å². The molecule has 1 aliphatic rings. The van der Waals surface area contributed by atoms with Crippen molar-refractivity contribution in [2.24, 2.45) is 5.92 Å². The molecule has 1 N–H and O–H groups in total. The van der Waals surface area contributed by atoms with Crippen LogP contribution in [0, 0.1) is 5.92 Å². The molecule has 1 aromatic carbocycles. The molecule has 1 heterocycles. The first-order valence-electron chi connectivity index (χ1n) is 8.39. The van der Waals surface area contributed by atoms with Gasteiger partial charge in [0.05, 0.1) is 0 Å². The summed E-state index contributed by atoms with van der Waals surface area (Å²) in [5.41, 5.74) is 1.80. The van der Waals surface area contributed by atoms with E-state index in [9.17, 15) is 9.59 Å². The number of benzene rings is 1. The largest absolute Gasteiger partial charge is 0.350 e. The third-order valence-corrected chi connectivity index (χ3v) is 5.82. The van der Waals surface area contributed by atoms with E-state index in [1.54, 1.807) is 17.4 Å². The number of hydrogen-bond acceptors (Lipinski definition) is 3. The SMILES string of the molecule is CCC1CCc2c(sc3cc(C(=O)NC(C)C)ccc3c2=O)C1. The van der Waals surface area contributed by atoms with Crippen LogP contribution in [0.15, 0.2) is 23.0 Å². The molecule has 1 unspecified atom stereocenters. The second-order valence-electron chi connectivity index (χ2n) is 6.69. The van der Waals surface area contributed by atoms with Gasteiger partial charge in [0.25, 0.3) is 5.91 Å². The minimum absolute atomic E-state index is 0.0781. The predicted molar refractivity (Wildman–Crippen MR) is 96.5 cm³/mol. The topological polar surface area (TPSA) is 46.2 Å². The molecule has 0 fully saturated rings. The Bertz CT molecular complexity index is 807. The summed E-state index contributed by atoms with van der Waals surface area (Å²) >= 11 is 1.69. The average molecular weight is 329 g/mol. The molecule has 0 saturated heterocycles. The number of fused-ring (bicyclic) bond motifs is 2. The van der Waals surface area contributed by atoms with Crippen LogP contribution in [0.3, 0.4) is 0 Å². The molecule has 0 bridgehead atoms. The lowest BCUT2D eigenvalue weighted by molar-refractivity contribution is 0.0943. The molecule has 122 valence electrons. The van der Waals surface area contributed by atoms with Crippen LogP contribution in [0.5, 0.6) is 0 Å². The number of rotatable bonds is 3. The van der Waals surface area contributed by atoms with Crippen molar-refractivity contribution in [1.82, 2.24) is 5.32 Å². The maximum absolute atomic E-state index is 12.7. The lowest BCUT2D eigenvalue weighted by Gasteiger charge is -2.22. The van der Waals surface area contributed by atoms with Gasteiger partial charge in [0.15, 0.2) is 5.43 Å². The van der Waals surface area contributed by atoms with Crippen molar-refractivity contribution in [3.63, 3.8) is 0 Å². The maximum atomic E-state index is 12.7. The van der Waals surface area contributed by atoms with Gasteiger partial charge in [-0.15, -0.1) is 11.3 Å². The van der Waals surface area contributed by atoms with Crippen LogP contribution < -0.4 is 10.7 Å². The van der Waals surface area contributed by atoms with E-state index in [0.717, 1.165) is 41.3 Å². The fourth-order valence-electron chi connectivity index (χ4n) is 3.24. The molecule has 23 heavy (non-hydrogen) atoms. The summed E-state index contributed by atoms with van der Waals surface area (Å²) in [5, 5.41) is 3.66. The van der Waals surface area contributed by atoms with Gasteiger partial charge >= 0.3 is 0 Å². The minimum atomic E-state index is -0.0781. The Morgan fingerprint density at radius 2 is 2.17 bits per heavy atom. The summed E-state index contributed by atoms with van der Waals surface area (Å²) in [6.07, 6.45) is 4.18. The summed E-state index contributed by atoms with van der Waals surface area (Å²) in [6.45, 7) is 6.10. The van der Waals surface area contributed by atoms with Gasteiger partial charge in [-0.3, -0.25) is 9.59 Å². The summed E-state index contributed by atoms with van der Waals surface area (Å²) < 4.78 is 0.932. The Morgan fingerprint density at radius 3 is 2.87 bits per heavy atom. The van der Waals surface area contributed by atoms with Gasteiger partial charge in [-0.1, -0.05) is 13.3 Å². The van der Waals surface area contributed by atoms with Crippen molar-refractivity contribution >= 4 is 27.3 Å². The van der Waals surface area contributed by atoms with Gasteiger partial charge in [0, 0.05) is 32.1 Å². The average Bonchev–Trinajstić information content (AvgIpc) is 2.53. The third-order valence-electron chi connectivity index (χ3n) is 4.61. The second-order valence-corrected chi connectivity index (χ2v) is 7.83. The van der Waals surface area contributed by atoms with Gasteiger partial charge < -0.3 is 5.32 Å². The number of nitrogens with one attached hydrogen (secondary N) is 1. The highest BCUT2D eigenvalue weighted by Crippen LogP contribution is 2.32. The zero-order valence-corrected chi connectivity index (χ0v) is 14.8. The molecule has 3 nitrogen and oxygen atoms in total. The zero-order valence-electron chi connectivity index (χ0n) is 13.9. The monoisotopic (exact) mass is 329 g/mol. The van der Waals surface area contributed by atoms with Crippen LogP contribution in [0.4, 0.5) is 0 Å². The first-order valence-corrected chi connectivity index (χ1v) is 9.20. The van der Waals surface area contributed by atoms with Crippen molar-refractivity contribution in [2.45, 2.75) is 52.5 Å². The smallest absolute Gasteiger partial charge is 0.251 e. The molecule has 0 aliphatic heterocycles. The normalized spacial score (nSPS) is 17.3. The molecule has 1 atom stereocenters. The minimum Gasteiger partial charge on any atom is -0.350 e. The van der Waals surface area contributed by atoms with E-state index >= 15 is 0 Å². The van der Waals surface area contributed by atoms with Crippen LogP contribution in [-0.4, -0.2) is 11.9 Å². The summed E-state index contributed by atoms with van der Waals surface area (Å²) in [7, 11) is 0. The van der Waals surface area contributed by atoms with Crippen LogP contribution in [0.1, 0.15) is 54.4 Å². The first-order chi connectivity index (χ1) is 11.0. The van der Waals surface area contributed by atoms with Gasteiger partial charge in [-0.2, -0.15) is 0 Å². The predicted octanol–water partition coefficient (Wildman–Crippen LogP) is 3.91. The van der Waals surface area contributed by atoms with E-state index in [1.807, 2.05) is 26.0 Å². The van der Waals surface area contributed by atoms with E-state index in [4.69, 9.17) is 0 Å². The van der Waals surface area contributed by atoms with E-state index in [-0.39, 0.29) is 17.4 Å². The molecule has 0 spiro atoms. The fourth-order valence-corrected chi connectivity index (χ4v) is 4.60. The Kier molecular flexibility index (Phi) is 4.53. The third kappa shape index (κ3) is 3.18. The van der Waals surface area contributed by atoms with Gasteiger partial charge in [0.2, 0.25) is 0 Å². The van der Waals surface area contributed by atoms with Crippen LogP contribution >= 0.6 is 11.3 Å². The van der Waals surface area contributed by atoms with Crippen LogP contribution in [0.25, 0.3) is 10.1 Å². The van der Waals surface area contributed by atoms with Crippen LogP contribution in [-0.2, 0) is 12.8 Å². The van der Waals surface area contributed by atoms with Crippen molar-refractivity contribution in [1.29, 1.82) is 0 Å². The molecular formula is C19H23NO2S. The standard InChI is InChI=1S/C19H23NO2S/c1-4-12-5-7-14-16(9-12)23-17-10-13(19(22)20-11(2)3)6-8-15(17)18(14)21/h6,8,10-12H,4-5,7,9H2,1-3H3,(H,20,22). The molecule has 3 rings (SSSR count). The Labute approximate surface area is 140 Å². The highest BCUT2D eigenvalue weighted by molar-refractivity contribution is 7.18. The van der Waals surface area contributed by atoms with Crippen molar-refractivity contribution < 1.29 is 4.79 Å². The van der Waals surface area contributed by atoms with E-state index in [0.29, 0.717) is 11.5 Å². The number of carbonyl (C=O) groups is 1. The van der Waals surface area contributed by atoms with Gasteiger partial charge in [-0.05, 0) is 57.2 Å². The Morgan fingerprint density at radius 1 is 1.39 bits per heavy atom. The number of carbonyl (C=O) groups excluding carboxylic acids is 1. The molecule has 0 saturated carbocycles. The molecule has 4 heteroatoms. The van der Waals surface area contributed by atoms with Crippen molar-refractivity contribution in [2.75, 3.05) is 0 Å². The number of hydrogen-bond donors (Lipinski definition) is 1. The molecule has 1 aliphatic carbocycles. The lowest BCUT2D eigenvalue weighted by Crippen LogP contribution is -2.30. The van der Waals surface area contributed by atoms with Crippen LogP contribution in [0.2, 0.25) is 0 Å².